The molecular formula is C40H35IN2O5S. The molecule has 7 nitrogen and oxygen atoms in total. The Morgan fingerprint density at radius 2 is 1.20 bits per heavy atom. The second kappa shape index (κ2) is 16.2. The lowest BCUT2D eigenvalue weighted by atomic mass is 9.84. The third kappa shape index (κ3) is 7.68. The first-order chi connectivity index (χ1) is 24.0. The molecule has 6 rings (SSSR count). The zero-order valence-corrected chi connectivity index (χ0v) is 29.5. The molecule has 9 heteroatoms. The van der Waals surface area contributed by atoms with Gasteiger partial charge in [-0.1, -0.05) is 162 Å². The van der Waals surface area contributed by atoms with Gasteiger partial charge in [0.15, 0.2) is 12.0 Å². The van der Waals surface area contributed by atoms with Gasteiger partial charge in [-0.2, -0.15) is 0 Å². The molecule has 3 unspecified atom stereocenters. The average molecular weight is 783 g/mol. The van der Waals surface area contributed by atoms with Gasteiger partial charge in [0.2, 0.25) is 5.91 Å². The quantitative estimate of drug-likeness (QED) is 0.0430. The van der Waals surface area contributed by atoms with Crippen molar-refractivity contribution in [2.45, 2.75) is 28.8 Å². The lowest BCUT2D eigenvalue weighted by Crippen LogP contribution is -2.74. The molecule has 0 aliphatic carbocycles. The third-order valence-corrected chi connectivity index (χ3v) is 11.0. The van der Waals surface area contributed by atoms with Crippen molar-refractivity contribution in [1.29, 1.82) is 0 Å². The van der Waals surface area contributed by atoms with Crippen molar-refractivity contribution in [2.24, 2.45) is 0 Å². The Hall–Kier alpha value is -4.61. The van der Waals surface area contributed by atoms with Crippen LogP contribution in [0.4, 0.5) is 0 Å². The number of thioether (sulfide) groups is 1. The molecule has 1 fully saturated rings. The third-order valence-electron chi connectivity index (χ3n) is 8.36. The van der Waals surface area contributed by atoms with E-state index in [9.17, 15) is 14.4 Å². The molecule has 1 heterocycles. The normalized spacial score (nSPS) is 16.3. The van der Waals surface area contributed by atoms with E-state index in [2.05, 4.69) is 27.9 Å². The fourth-order valence-corrected chi connectivity index (χ4v) is 8.59. The van der Waals surface area contributed by atoms with Crippen LogP contribution in [0.5, 0.6) is 5.75 Å². The van der Waals surface area contributed by atoms with Gasteiger partial charge in [0, 0.05) is 4.43 Å². The van der Waals surface area contributed by atoms with Gasteiger partial charge >= 0.3 is 5.97 Å². The summed E-state index contributed by atoms with van der Waals surface area (Å²) in [5.74, 6) is -0.755. The predicted octanol–water partition coefficient (Wildman–Crippen LogP) is 6.99. The van der Waals surface area contributed by atoms with Gasteiger partial charge in [-0.05, 0) is 34.4 Å². The second-order valence-corrected chi connectivity index (χ2v) is 13.6. The van der Waals surface area contributed by atoms with Crippen LogP contribution in [0.1, 0.15) is 22.3 Å². The highest BCUT2D eigenvalue weighted by Gasteiger charge is 2.55. The maximum Gasteiger partial charge on any atom is 0.339 e. The van der Waals surface area contributed by atoms with Crippen molar-refractivity contribution in [1.82, 2.24) is 10.2 Å². The van der Waals surface area contributed by atoms with Crippen molar-refractivity contribution in [3.63, 3.8) is 0 Å². The lowest BCUT2D eigenvalue weighted by Gasteiger charge is -2.51. The fraction of sp³-hybridized carbons (Fsp3) is 0.175. The van der Waals surface area contributed by atoms with Crippen molar-refractivity contribution in [3.8, 4) is 5.75 Å². The summed E-state index contributed by atoms with van der Waals surface area (Å²) >= 11 is 3.57. The largest absolute Gasteiger partial charge is 0.484 e. The summed E-state index contributed by atoms with van der Waals surface area (Å²) in [4.78, 5) is 43.0. The van der Waals surface area contributed by atoms with Crippen molar-refractivity contribution in [3.05, 3.63) is 174 Å². The van der Waals surface area contributed by atoms with E-state index in [-0.39, 0.29) is 19.1 Å². The van der Waals surface area contributed by atoms with Crippen molar-refractivity contribution >= 4 is 52.1 Å². The van der Waals surface area contributed by atoms with E-state index in [4.69, 9.17) is 9.47 Å². The Labute approximate surface area is 304 Å². The molecule has 0 aromatic heterocycles. The number of alkyl halides is 1. The Morgan fingerprint density at radius 3 is 1.69 bits per heavy atom. The minimum absolute atomic E-state index is 0.0552. The Kier molecular flexibility index (Phi) is 11.3. The van der Waals surface area contributed by atoms with Crippen LogP contribution in [0.15, 0.2) is 152 Å². The van der Waals surface area contributed by atoms with Crippen LogP contribution in [0, 0.1) is 0 Å². The first kappa shape index (κ1) is 34.3. The molecule has 0 saturated carbocycles. The Morgan fingerprint density at radius 1 is 0.735 bits per heavy atom. The van der Waals surface area contributed by atoms with E-state index in [1.165, 1.54) is 11.8 Å². The maximum absolute atomic E-state index is 14.4. The fourth-order valence-electron chi connectivity index (χ4n) is 5.97. The van der Waals surface area contributed by atoms with Crippen LogP contribution in [0.2, 0.25) is 0 Å². The summed E-state index contributed by atoms with van der Waals surface area (Å²) in [6.45, 7) is -0.183. The zero-order chi connectivity index (χ0) is 34.1. The standard InChI is InChI=1S/C40H35IN2O5S/c41-26-34-36(42-35(44)28-47-33-24-14-5-15-25-33)37(45)43(34)38(39(46)48-27-29-16-6-1-7-17-29)49-40(30-18-8-2-9-19-30,31-20-10-3-11-21-31)32-22-12-4-13-23-32/h1-25,34,36,38H,26-28H2,(H,42,44). The number of halogens is 1. The number of amides is 2. The number of hydrogen-bond acceptors (Lipinski definition) is 6. The van der Waals surface area contributed by atoms with Gasteiger partial charge in [0.1, 0.15) is 18.4 Å². The number of ether oxygens (including phenoxy) is 2. The second-order valence-electron chi connectivity index (χ2n) is 11.5. The van der Waals surface area contributed by atoms with E-state index >= 15 is 0 Å². The topological polar surface area (TPSA) is 84.9 Å². The highest BCUT2D eigenvalue weighted by molar-refractivity contribution is 14.1. The van der Waals surface area contributed by atoms with Gasteiger partial charge < -0.3 is 19.7 Å². The molecule has 1 aliphatic rings. The molecule has 5 aromatic rings. The van der Waals surface area contributed by atoms with Gasteiger partial charge in [0.25, 0.3) is 5.91 Å². The average Bonchev–Trinajstić information content (AvgIpc) is 3.17. The van der Waals surface area contributed by atoms with Crippen LogP contribution < -0.4 is 10.1 Å². The molecule has 2 amide bonds. The zero-order valence-electron chi connectivity index (χ0n) is 26.6. The highest BCUT2D eigenvalue weighted by Crippen LogP contribution is 2.52. The number of esters is 1. The lowest BCUT2D eigenvalue weighted by molar-refractivity contribution is -0.163. The van der Waals surface area contributed by atoms with E-state index in [1.54, 1.807) is 17.0 Å². The summed E-state index contributed by atoms with van der Waals surface area (Å²) in [5.41, 5.74) is 3.67. The minimum atomic E-state index is -1.05. The number of likely N-dealkylation sites (tertiary alicyclic amines) is 1. The molecule has 0 bridgehead atoms. The molecule has 49 heavy (non-hydrogen) atoms. The molecule has 1 saturated heterocycles. The monoisotopic (exact) mass is 782 g/mol. The summed E-state index contributed by atoms with van der Waals surface area (Å²) in [6, 6.07) is 47.2. The first-order valence-electron chi connectivity index (χ1n) is 15.9. The first-order valence-corrected chi connectivity index (χ1v) is 18.3. The number of carbonyl (C=O) groups is 3. The number of carbonyl (C=O) groups excluding carboxylic acids is 3. The number of nitrogens with zero attached hydrogens (tertiary/aromatic N) is 1. The molecule has 0 spiro atoms. The molecule has 248 valence electrons. The maximum atomic E-state index is 14.4. The summed E-state index contributed by atoms with van der Waals surface area (Å²) in [6.07, 6.45) is 0. The van der Waals surface area contributed by atoms with E-state index in [1.807, 2.05) is 140 Å². The van der Waals surface area contributed by atoms with Crippen LogP contribution in [-0.2, 0) is 30.5 Å². The van der Waals surface area contributed by atoms with Gasteiger partial charge in [0.05, 0.1) is 10.8 Å². The minimum Gasteiger partial charge on any atom is -0.484 e. The van der Waals surface area contributed by atoms with Crippen LogP contribution in [0.25, 0.3) is 0 Å². The van der Waals surface area contributed by atoms with E-state index in [0.717, 1.165) is 22.3 Å². The van der Waals surface area contributed by atoms with Crippen LogP contribution >= 0.6 is 34.4 Å². The smallest absolute Gasteiger partial charge is 0.339 e. The number of rotatable bonds is 14. The molecule has 1 aliphatic heterocycles. The van der Waals surface area contributed by atoms with Gasteiger partial charge in [-0.25, -0.2) is 4.79 Å². The summed E-state index contributed by atoms with van der Waals surface area (Å²) in [5, 5.41) is 1.80. The molecule has 3 atom stereocenters. The van der Waals surface area contributed by atoms with Gasteiger partial charge in [-0.3, -0.25) is 9.59 Å². The highest BCUT2D eigenvalue weighted by atomic mass is 127. The molecule has 0 radical (unpaired) electrons. The summed E-state index contributed by atoms with van der Waals surface area (Å²) in [7, 11) is 0. The van der Waals surface area contributed by atoms with Gasteiger partial charge in [-0.15, -0.1) is 11.8 Å². The number of β-lactam (4-membered cyclic amide) rings is 1. The van der Waals surface area contributed by atoms with E-state index in [0.29, 0.717) is 10.2 Å². The number of para-hydroxylation sites is 1. The van der Waals surface area contributed by atoms with Crippen molar-refractivity contribution in [2.75, 3.05) is 11.0 Å². The van der Waals surface area contributed by atoms with Crippen LogP contribution in [0.3, 0.4) is 0 Å². The van der Waals surface area contributed by atoms with Crippen LogP contribution in [-0.4, -0.2) is 51.2 Å². The molecule has 1 N–H and O–H groups in total. The molecular weight excluding hydrogens is 747 g/mol. The summed E-state index contributed by atoms with van der Waals surface area (Å²) < 4.78 is 11.2. The number of nitrogens with one attached hydrogen (secondary N) is 1. The van der Waals surface area contributed by atoms with Crippen molar-refractivity contribution < 1.29 is 23.9 Å². The SMILES string of the molecule is O=C(COc1ccccc1)NC1C(=O)N(C(SC(c2ccccc2)(c2ccccc2)c2ccccc2)C(=O)OCc2ccccc2)C1CI. The predicted molar refractivity (Wildman–Crippen MR) is 200 cm³/mol. The Balaban J connectivity index is 1.36. The molecule has 5 aromatic carbocycles. The van der Waals surface area contributed by atoms with E-state index < -0.39 is 34.1 Å². The number of benzene rings is 5. The number of hydrogen-bond donors (Lipinski definition) is 1. The Bertz CT molecular complexity index is 1740.